The third-order valence-corrected chi connectivity index (χ3v) is 4.57. The number of carbonyl (C=O) groups excluding carboxylic acids is 1. The number of ether oxygens (including phenoxy) is 1. The summed E-state index contributed by atoms with van der Waals surface area (Å²) in [6.45, 7) is 0. The van der Waals surface area contributed by atoms with E-state index in [0.717, 1.165) is 16.3 Å². The predicted octanol–water partition coefficient (Wildman–Crippen LogP) is 3.49. The van der Waals surface area contributed by atoms with Crippen molar-refractivity contribution in [3.63, 3.8) is 0 Å². The largest absolute Gasteiger partial charge is 0.497 e. The number of halogens is 3. The number of thiocarbonyl (C=S) groups is 1. The topological polar surface area (TPSA) is 44.8 Å². The van der Waals surface area contributed by atoms with E-state index in [1.54, 1.807) is 36.3 Å². The molecule has 1 heterocycles. The van der Waals surface area contributed by atoms with Crippen LogP contribution in [0.4, 0.5) is 10.5 Å². The fraction of sp³-hybridized carbons (Fsp3) is 0.385. The summed E-state index contributed by atoms with van der Waals surface area (Å²) in [5, 5.41) is 0.994. The number of benzene rings is 1. The molecule has 0 spiro atoms. The molecule has 2 fully saturated rings. The monoisotopic (exact) mass is 379 g/mol. The van der Waals surface area contributed by atoms with Gasteiger partial charge in [-0.05, 0) is 30.7 Å². The lowest BCUT2D eigenvalue weighted by molar-refractivity contribution is 0.197. The van der Waals surface area contributed by atoms with E-state index in [0.29, 0.717) is 11.4 Å². The number of carbonyl (C=O) groups is 1. The fourth-order valence-corrected chi connectivity index (χ4v) is 3.05. The normalized spacial score (nSPS) is 24.9. The summed E-state index contributed by atoms with van der Waals surface area (Å²) in [4.78, 5) is 15.1. The Labute approximate surface area is 148 Å². The molecule has 1 saturated heterocycles. The fourth-order valence-electron chi connectivity index (χ4n) is 2.38. The summed E-state index contributed by atoms with van der Waals surface area (Å²) in [7, 11) is 1.58. The van der Waals surface area contributed by atoms with Gasteiger partial charge in [0.05, 0.1) is 7.11 Å². The number of rotatable bonds is 3. The van der Waals surface area contributed by atoms with Crippen molar-refractivity contribution in [3.8, 4) is 5.75 Å². The van der Waals surface area contributed by atoms with Crippen LogP contribution in [0, 0.1) is 5.92 Å². The van der Waals surface area contributed by atoms with Gasteiger partial charge < -0.3 is 4.74 Å². The first-order valence-corrected chi connectivity index (χ1v) is 8.00. The molecule has 1 saturated carbocycles. The van der Waals surface area contributed by atoms with E-state index in [2.05, 4.69) is 5.43 Å². The third-order valence-electron chi connectivity index (χ3n) is 3.60. The zero-order valence-corrected chi connectivity index (χ0v) is 14.5. The number of urea groups is 1. The Hall–Kier alpha value is -0.790. The van der Waals surface area contributed by atoms with Crippen molar-refractivity contribution in [1.29, 1.82) is 0 Å². The molecule has 2 atom stereocenters. The zero-order chi connectivity index (χ0) is 16.1. The second-order valence-corrected chi connectivity index (χ2v) is 7.75. The summed E-state index contributed by atoms with van der Waals surface area (Å²) >= 11 is 22.8. The molecular formula is C13H12Cl3N3O2S. The molecule has 2 unspecified atom stereocenters. The van der Waals surface area contributed by atoms with E-state index in [9.17, 15) is 4.79 Å². The van der Waals surface area contributed by atoms with Crippen molar-refractivity contribution in [1.82, 2.24) is 10.4 Å². The van der Waals surface area contributed by atoms with Crippen LogP contribution >= 0.6 is 47.0 Å². The van der Waals surface area contributed by atoms with E-state index >= 15 is 0 Å². The van der Waals surface area contributed by atoms with Crippen LogP contribution in [0.5, 0.6) is 5.75 Å². The van der Waals surface area contributed by atoms with Crippen LogP contribution in [0.3, 0.4) is 0 Å². The Morgan fingerprint density at radius 1 is 1.32 bits per heavy atom. The zero-order valence-electron chi connectivity index (χ0n) is 11.4. The van der Waals surface area contributed by atoms with Crippen molar-refractivity contribution in [3.05, 3.63) is 24.3 Å². The summed E-state index contributed by atoms with van der Waals surface area (Å²) in [6, 6.07) is 6.65. The second kappa shape index (κ2) is 5.69. The minimum atomic E-state index is -1.88. The van der Waals surface area contributed by atoms with Gasteiger partial charge in [-0.2, -0.15) is 0 Å². The van der Waals surface area contributed by atoms with E-state index in [-0.39, 0.29) is 12.1 Å². The number of anilines is 1. The molecule has 2 amide bonds. The van der Waals surface area contributed by atoms with Gasteiger partial charge in [0.25, 0.3) is 3.92 Å². The molecule has 3 rings (SSSR count). The Kier molecular flexibility index (Phi) is 4.16. The van der Waals surface area contributed by atoms with Crippen molar-refractivity contribution < 1.29 is 9.53 Å². The molecule has 1 aliphatic heterocycles. The van der Waals surface area contributed by atoms with Crippen LogP contribution < -0.4 is 15.1 Å². The summed E-state index contributed by atoms with van der Waals surface area (Å²) < 4.78 is 3.24. The van der Waals surface area contributed by atoms with Crippen LogP contribution in [-0.4, -0.2) is 33.1 Å². The molecule has 0 radical (unpaired) electrons. The number of alkyl halides is 3. The maximum absolute atomic E-state index is 12.6. The third kappa shape index (κ3) is 2.86. The first kappa shape index (κ1) is 16.1. The van der Waals surface area contributed by atoms with Crippen molar-refractivity contribution >= 4 is 63.6 Å². The summed E-state index contributed by atoms with van der Waals surface area (Å²) in [6.07, 6.45) is 0.407. The predicted molar refractivity (Wildman–Crippen MR) is 90.6 cm³/mol. The number of nitrogens with one attached hydrogen (secondary N) is 1. The van der Waals surface area contributed by atoms with Gasteiger partial charge in [-0.3, -0.25) is 4.90 Å². The lowest BCUT2D eigenvalue weighted by Gasteiger charge is -2.23. The quantitative estimate of drug-likeness (QED) is 0.495. The number of hydrogen-bond donors (Lipinski definition) is 1. The average Bonchev–Trinajstić information content (AvgIpc) is 3.07. The lowest BCUT2D eigenvalue weighted by atomic mass is 10.2. The van der Waals surface area contributed by atoms with Crippen LogP contribution in [0.25, 0.3) is 0 Å². The molecule has 1 N–H and O–H groups in total. The highest BCUT2D eigenvalue weighted by atomic mass is 35.6. The summed E-state index contributed by atoms with van der Waals surface area (Å²) in [5.74, 6) is 0.762. The Bertz CT molecular complexity index is 620. The Morgan fingerprint density at radius 2 is 1.91 bits per heavy atom. The van der Waals surface area contributed by atoms with Gasteiger partial charge in [0.1, 0.15) is 11.9 Å². The molecule has 9 heteroatoms. The van der Waals surface area contributed by atoms with E-state index in [1.807, 2.05) is 0 Å². The van der Waals surface area contributed by atoms with E-state index in [4.69, 9.17) is 51.8 Å². The summed E-state index contributed by atoms with van der Waals surface area (Å²) in [5.41, 5.74) is 3.62. The molecule has 118 valence electrons. The van der Waals surface area contributed by atoms with Gasteiger partial charge >= 0.3 is 6.03 Å². The average molecular weight is 381 g/mol. The number of hydrogen-bond acceptors (Lipinski definition) is 4. The Balaban J connectivity index is 1.94. The SMILES string of the molecule is COc1ccc(N2C(=O)N(C(Cl)(Cl)Cl)NC2C2CC2=S)cc1. The number of amides is 2. The number of nitrogens with zero attached hydrogens (tertiary/aromatic N) is 2. The molecule has 1 aliphatic carbocycles. The number of hydrazine groups is 1. The molecule has 0 bridgehead atoms. The smallest absolute Gasteiger partial charge is 0.343 e. The molecule has 2 aliphatic rings. The molecule has 22 heavy (non-hydrogen) atoms. The van der Waals surface area contributed by atoms with Crippen LogP contribution in [0.2, 0.25) is 0 Å². The van der Waals surface area contributed by atoms with Crippen LogP contribution in [0.15, 0.2) is 24.3 Å². The maximum atomic E-state index is 12.6. The minimum Gasteiger partial charge on any atom is -0.497 e. The second-order valence-electron chi connectivity index (χ2n) is 5.00. The first-order chi connectivity index (χ1) is 10.3. The van der Waals surface area contributed by atoms with Gasteiger partial charge in [-0.15, -0.1) is 0 Å². The van der Waals surface area contributed by atoms with Gasteiger partial charge in [0.2, 0.25) is 0 Å². The lowest BCUT2D eigenvalue weighted by Crippen LogP contribution is -2.45. The van der Waals surface area contributed by atoms with Crippen molar-refractivity contribution in [2.45, 2.75) is 16.5 Å². The van der Waals surface area contributed by atoms with Gasteiger partial charge in [0, 0.05) is 16.5 Å². The van der Waals surface area contributed by atoms with E-state index < -0.39 is 9.95 Å². The molecule has 5 nitrogen and oxygen atoms in total. The van der Waals surface area contributed by atoms with Gasteiger partial charge in [-0.25, -0.2) is 15.2 Å². The molecule has 0 aromatic heterocycles. The van der Waals surface area contributed by atoms with Gasteiger partial charge in [0.15, 0.2) is 0 Å². The standard InChI is InChI=1S/C13H12Cl3N3O2S/c1-21-8-4-2-7(3-5-8)18-11(9-6-10(9)22)17-19(12(18)20)13(14,15)16/h2-5,9,11,17H,6H2,1H3. The van der Waals surface area contributed by atoms with E-state index in [1.165, 1.54) is 0 Å². The molecule has 1 aromatic rings. The highest BCUT2D eigenvalue weighted by Gasteiger charge is 2.53. The van der Waals surface area contributed by atoms with Crippen molar-refractivity contribution in [2.24, 2.45) is 5.92 Å². The highest BCUT2D eigenvalue weighted by Crippen LogP contribution is 2.41. The van der Waals surface area contributed by atoms with Crippen molar-refractivity contribution in [2.75, 3.05) is 12.0 Å². The first-order valence-electron chi connectivity index (χ1n) is 6.46. The van der Waals surface area contributed by atoms with Crippen LogP contribution in [0.1, 0.15) is 6.42 Å². The van der Waals surface area contributed by atoms with Crippen LogP contribution in [-0.2, 0) is 0 Å². The van der Waals surface area contributed by atoms with Gasteiger partial charge in [-0.1, -0.05) is 47.0 Å². The molecular weight excluding hydrogens is 369 g/mol. The Morgan fingerprint density at radius 3 is 2.36 bits per heavy atom. The maximum Gasteiger partial charge on any atom is 0.343 e. The highest BCUT2D eigenvalue weighted by molar-refractivity contribution is 7.81. The minimum absolute atomic E-state index is 0.0680. The number of methoxy groups -OCH3 is 1. The molecule has 1 aromatic carbocycles.